The zero-order chi connectivity index (χ0) is 14.7. The van der Waals surface area contributed by atoms with Crippen LogP contribution in [0.3, 0.4) is 0 Å². The molecule has 20 heavy (non-hydrogen) atoms. The molecule has 7 heteroatoms. The summed E-state index contributed by atoms with van der Waals surface area (Å²) in [5.41, 5.74) is -0.429. The highest BCUT2D eigenvalue weighted by atomic mass is 32.2. The normalized spacial score (nSPS) is 18.6. The topological polar surface area (TPSA) is 72.2 Å². The maximum absolute atomic E-state index is 14.0. The Balaban J connectivity index is 2.21. The second-order valence-corrected chi connectivity index (χ2v) is 5.92. The van der Waals surface area contributed by atoms with Crippen molar-refractivity contribution in [1.29, 1.82) is 0 Å². The SMILES string of the molecule is Cc1cc([N+](=O)[O-])cc(C(=O)NC2CCCSC2)c1F. The second kappa shape index (κ2) is 6.21. The molecule has 1 aliphatic rings. The number of non-ortho nitro benzene ring substituents is 1. The van der Waals surface area contributed by atoms with Crippen molar-refractivity contribution in [2.45, 2.75) is 25.8 Å². The molecule has 1 unspecified atom stereocenters. The molecule has 1 heterocycles. The summed E-state index contributed by atoms with van der Waals surface area (Å²) < 4.78 is 14.0. The third-order valence-electron chi connectivity index (χ3n) is 3.19. The standard InChI is InChI=1S/C13H15FN2O3S/c1-8-5-10(16(18)19)6-11(12(8)14)13(17)15-9-3-2-4-20-7-9/h5-6,9H,2-4,7H2,1H3,(H,15,17). The van der Waals surface area contributed by atoms with Crippen LogP contribution in [0.2, 0.25) is 0 Å². The van der Waals surface area contributed by atoms with Crippen LogP contribution in [-0.4, -0.2) is 28.4 Å². The summed E-state index contributed by atoms with van der Waals surface area (Å²) in [6.07, 6.45) is 1.86. The summed E-state index contributed by atoms with van der Waals surface area (Å²) in [6.45, 7) is 1.41. The number of rotatable bonds is 3. The summed E-state index contributed by atoms with van der Waals surface area (Å²) >= 11 is 1.74. The first-order valence-electron chi connectivity index (χ1n) is 6.32. The number of nitrogens with one attached hydrogen (secondary N) is 1. The van der Waals surface area contributed by atoms with Gasteiger partial charge in [0.25, 0.3) is 11.6 Å². The van der Waals surface area contributed by atoms with E-state index in [2.05, 4.69) is 5.32 Å². The molecule has 1 saturated heterocycles. The molecule has 1 N–H and O–H groups in total. The number of nitro benzene ring substituents is 1. The number of amides is 1. The van der Waals surface area contributed by atoms with Crippen molar-refractivity contribution in [3.8, 4) is 0 Å². The fraction of sp³-hybridized carbons (Fsp3) is 0.462. The lowest BCUT2D eigenvalue weighted by atomic mass is 10.1. The van der Waals surface area contributed by atoms with Crippen LogP contribution < -0.4 is 5.32 Å². The third kappa shape index (κ3) is 3.27. The number of nitrogens with zero attached hydrogens (tertiary/aromatic N) is 1. The molecular weight excluding hydrogens is 283 g/mol. The van der Waals surface area contributed by atoms with E-state index in [9.17, 15) is 19.3 Å². The lowest BCUT2D eigenvalue weighted by molar-refractivity contribution is -0.385. The Morgan fingerprint density at radius 3 is 2.90 bits per heavy atom. The molecule has 1 amide bonds. The van der Waals surface area contributed by atoms with E-state index in [1.54, 1.807) is 11.8 Å². The van der Waals surface area contributed by atoms with Gasteiger partial charge in [-0.2, -0.15) is 11.8 Å². The summed E-state index contributed by atoms with van der Waals surface area (Å²) in [6, 6.07) is 2.12. The molecule has 1 aromatic carbocycles. The van der Waals surface area contributed by atoms with Gasteiger partial charge in [-0.1, -0.05) is 0 Å². The molecule has 1 aliphatic heterocycles. The molecule has 108 valence electrons. The van der Waals surface area contributed by atoms with E-state index in [0.717, 1.165) is 36.5 Å². The number of hydrogen-bond acceptors (Lipinski definition) is 4. The lowest BCUT2D eigenvalue weighted by Crippen LogP contribution is -2.38. The van der Waals surface area contributed by atoms with Gasteiger partial charge >= 0.3 is 0 Å². The van der Waals surface area contributed by atoms with E-state index in [1.807, 2.05) is 0 Å². The molecule has 0 saturated carbocycles. The third-order valence-corrected chi connectivity index (χ3v) is 4.41. The largest absolute Gasteiger partial charge is 0.348 e. The van der Waals surface area contributed by atoms with Crippen LogP contribution in [0.25, 0.3) is 0 Å². The Labute approximate surface area is 120 Å². The Kier molecular flexibility index (Phi) is 4.59. The number of aryl methyl sites for hydroxylation is 1. The summed E-state index contributed by atoms with van der Waals surface area (Å²) in [5.74, 6) is 0.580. The average molecular weight is 298 g/mol. The van der Waals surface area contributed by atoms with Crippen LogP contribution in [0.4, 0.5) is 10.1 Å². The Bertz CT molecular complexity index is 545. The number of hydrogen-bond donors (Lipinski definition) is 1. The monoisotopic (exact) mass is 298 g/mol. The number of halogens is 1. The maximum Gasteiger partial charge on any atom is 0.270 e. The second-order valence-electron chi connectivity index (χ2n) is 4.77. The van der Waals surface area contributed by atoms with E-state index >= 15 is 0 Å². The van der Waals surface area contributed by atoms with E-state index in [1.165, 1.54) is 6.92 Å². The van der Waals surface area contributed by atoms with Gasteiger partial charge in [0.15, 0.2) is 0 Å². The van der Waals surface area contributed by atoms with Crippen molar-refractivity contribution >= 4 is 23.4 Å². The molecule has 5 nitrogen and oxygen atoms in total. The van der Waals surface area contributed by atoms with Gasteiger partial charge in [-0.15, -0.1) is 0 Å². The molecule has 0 aliphatic carbocycles. The number of carbonyl (C=O) groups is 1. The maximum atomic E-state index is 14.0. The number of carbonyl (C=O) groups excluding carboxylic acids is 1. The minimum atomic E-state index is -0.698. The van der Waals surface area contributed by atoms with Gasteiger partial charge in [-0.05, 0) is 31.1 Å². The smallest absolute Gasteiger partial charge is 0.270 e. The van der Waals surface area contributed by atoms with Crippen molar-refractivity contribution in [3.63, 3.8) is 0 Å². The zero-order valence-electron chi connectivity index (χ0n) is 11.0. The highest BCUT2D eigenvalue weighted by Crippen LogP contribution is 2.22. The fourth-order valence-electron chi connectivity index (χ4n) is 2.14. The Morgan fingerprint density at radius 2 is 2.30 bits per heavy atom. The molecule has 0 bridgehead atoms. The van der Waals surface area contributed by atoms with Gasteiger partial charge in [0.05, 0.1) is 10.5 Å². The van der Waals surface area contributed by atoms with Crippen molar-refractivity contribution in [2.75, 3.05) is 11.5 Å². The number of benzene rings is 1. The lowest BCUT2D eigenvalue weighted by Gasteiger charge is -2.22. The van der Waals surface area contributed by atoms with Crippen molar-refractivity contribution < 1.29 is 14.1 Å². The minimum absolute atomic E-state index is 0.000202. The average Bonchev–Trinajstić information content (AvgIpc) is 2.42. The van der Waals surface area contributed by atoms with Gasteiger partial charge in [-0.25, -0.2) is 4.39 Å². The first kappa shape index (κ1) is 14.8. The van der Waals surface area contributed by atoms with Crippen LogP contribution >= 0.6 is 11.8 Å². The first-order valence-corrected chi connectivity index (χ1v) is 7.47. The molecular formula is C13H15FN2O3S. The molecule has 1 atom stereocenters. The van der Waals surface area contributed by atoms with Crippen molar-refractivity contribution in [1.82, 2.24) is 5.32 Å². The van der Waals surface area contributed by atoms with Crippen molar-refractivity contribution in [2.24, 2.45) is 0 Å². The Morgan fingerprint density at radius 1 is 1.55 bits per heavy atom. The predicted octanol–water partition coefficient (Wildman–Crippen LogP) is 2.67. The molecule has 2 rings (SSSR count). The molecule has 0 spiro atoms. The molecule has 0 radical (unpaired) electrons. The van der Waals surface area contributed by atoms with Crippen LogP contribution in [0, 0.1) is 22.9 Å². The van der Waals surface area contributed by atoms with E-state index in [-0.39, 0.29) is 22.9 Å². The molecule has 0 aromatic heterocycles. The number of thioether (sulfide) groups is 1. The van der Waals surface area contributed by atoms with E-state index < -0.39 is 16.6 Å². The van der Waals surface area contributed by atoms with Crippen LogP contribution in [-0.2, 0) is 0 Å². The van der Waals surface area contributed by atoms with Crippen molar-refractivity contribution in [3.05, 3.63) is 39.2 Å². The zero-order valence-corrected chi connectivity index (χ0v) is 11.8. The number of nitro groups is 1. The fourth-order valence-corrected chi connectivity index (χ4v) is 3.21. The minimum Gasteiger partial charge on any atom is -0.348 e. The molecule has 1 aromatic rings. The molecule has 1 fully saturated rings. The van der Waals surface area contributed by atoms with E-state index in [0.29, 0.717) is 0 Å². The van der Waals surface area contributed by atoms with Gasteiger partial charge in [0, 0.05) is 23.9 Å². The van der Waals surface area contributed by atoms with E-state index in [4.69, 9.17) is 0 Å². The predicted molar refractivity (Wildman–Crippen MR) is 75.6 cm³/mol. The highest BCUT2D eigenvalue weighted by Gasteiger charge is 2.22. The van der Waals surface area contributed by atoms with Gasteiger partial charge < -0.3 is 5.32 Å². The van der Waals surface area contributed by atoms with Gasteiger partial charge in [0.2, 0.25) is 0 Å². The first-order chi connectivity index (χ1) is 9.49. The summed E-state index contributed by atoms with van der Waals surface area (Å²) in [7, 11) is 0. The van der Waals surface area contributed by atoms with Gasteiger partial charge in [-0.3, -0.25) is 14.9 Å². The summed E-state index contributed by atoms with van der Waals surface area (Å²) in [5, 5.41) is 13.5. The summed E-state index contributed by atoms with van der Waals surface area (Å²) in [4.78, 5) is 22.2. The highest BCUT2D eigenvalue weighted by molar-refractivity contribution is 7.99. The Hall–Kier alpha value is -1.63. The van der Waals surface area contributed by atoms with Gasteiger partial charge in [0.1, 0.15) is 5.82 Å². The quantitative estimate of drug-likeness (QED) is 0.688. The van der Waals surface area contributed by atoms with Crippen LogP contribution in [0.15, 0.2) is 12.1 Å². The van der Waals surface area contributed by atoms with Crippen LogP contribution in [0.1, 0.15) is 28.8 Å². The van der Waals surface area contributed by atoms with Crippen LogP contribution in [0.5, 0.6) is 0 Å².